The Bertz CT molecular complexity index is 4140. The molecule has 0 aliphatic carbocycles. The number of ether oxygens (including phenoxy) is 4. The molecule has 1 N–H and O–H groups in total. The predicted molar refractivity (Wildman–Crippen MR) is 330 cm³/mol. The molecule has 3 heterocycles. The molecule has 0 aliphatic rings. The zero-order valence-electron chi connectivity index (χ0n) is 50.7. The van der Waals surface area contributed by atoms with E-state index in [2.05, 4.69) is 68.3 Å². The van der Waals surface area contributed by atoms with E-state index in [1.165, 1.54) is 94.0 Å². The van der Waals surface area contributed by atoms with Gasteiger partial charge in [0.05, 0.1) is 53.0 Å². The van der Waals surface area contributed by atoms with Gasteiger partial charge in [-0.1, -0.05) is 107 Å². The van der Waals surface area contributed by atoms with Crippen LogP contribution in [0.1, 0.15) is 94.2 Å². The molecule has 9 aromatic rings. The molecular formula is C64H55F9N12O6S3. The predicted octanol–water partition coefficient (Wildman–Crippen LogP) is 15.3. The van der Waals surface area contributed by atoms with Crippen LogP contribution in [0.2, 0.25) is 0 Å². The van der Waals surface area contributed by atoms with E-state index in [9.17, 15) is 49.1 Å². The van der Waals surface area contributed by atoms with Crippen LogP contribution in [-0.2, 0) is 28.8 Å². The van der Waals surface area contributed by atoms with Crippen LogP contribution in [-0.4, -0.2) is 98.2 Å². The fourth-order valence-corrected chi connectivity index (χ4v) is 11.5. The highest BCUT2D eigenvalue weighted by Gasteiger charge is 2.35. The molecule has 0 saturated carbocycles. The lowest BCUT2D eigenvalue weighted by molar-refractivity contribution is -0.275. The van der Waals surface area contributed by atoms with Crippen molar-refractivity contribution < 1.29 is 68.1 Å². The van der Waals surface area contributed by atoms with E-state index in [0.717, 1.165) is 28.0 Å². The molecule has 0 unspecified atom stereocenters. The Morgan fingerprint density at radius 3 is 1.12 bits per heavy atom. The summed E-state index contributed by atoms with van der Waals surface area (Å²) in [6.07, 6.45) is -13.5. The van der Waals surface area contributed by atoms with Gasteiger partial charge in [0.1, 0.15) is 52.9 Å². The molecule has 0 saturated heterocycles. The number of rotatable bonds is 18. The van der Waals surface area contributed by atoms with E-state index in [1.807, 2.05) is 12.1 Å². The average Bonchev–Trinajstić information content (AvgIpc) is 1.65. The topological polar surface area (TPSA) is 238 Å². The zero-order valence-corrected chi connectivity index (χ0v) is 53.2. The van der Waals surface area contributed by atoms with Gasteiger partial charge in [0.15, 0.2) is 0 Å². The van der Waals surface area contributed by atoms with Crippen molar-refractivity contribution in [2.24, 2.45) is 0 Å². The minimum Gasteiger partial charge on any atom is -0.444 e. The lowest BCUT2D eigenvalue weighted by Crippen LogP contribution is -2.37. The molecule has 6 aromatic carbocycles. The Balaban J connectivity index is 0.000000201. The van der Waals surface area contributed by atoms with Gasteiger partial charge in [-0.3, -0.25) is 4.79 Å². The molecular weight excluding hydrogens is 1300 g/mol. The number of hydrogen-bond donors (Lipinski definition) is 1. The van der Waals surface area contributed by atoms with E-state index in [0.29, 0.717) is 82.7 Å². The van der Waals surface area contributed by atoms with Crippen molar-refractivity contribution in [1.82, 2.24) is 45.7 Å². The van der Waals surface area contributed by atoms with Gasteiger partial charge in [-0.05, 0) is 137 Å². The van der Waals surface area contributed by atoms with Crippen molar-refractivity contribution in [3.05, 3.63) is 194 Å². The maximum absolute atomic E-state index is 12.8. The Kier molecular flexibility index (Phi) is 23.9. The molecule has 3 aromatic heterocycles. The number of carbonyl (C=O) groups excluding carboxylic acids is 2. The summed E-state index contributed by atoms with van der Waals surface area (Å²) in [6, 6.07) is 42.9. The highest BCUT2D eigenvalue weighted by molar-refractivity contribution is 7.15. The summed E-state index contributed by atoms with van der Waals surface area (Å²) in [6.45, 7) is 6.71. The van der Waals surface area contributed by atoms with Crippen molar-refractivity contribution in [2.45, 2.75) is 89.8 Å². The van der Waals surface area contributed by atoms with Crippen molar-refractivity contribution >= 4 is 46.0 Å². The van der Waals surface area contributed by atoms with Gasteiger partial charge in [0, 0.05) is 37.7 Å². The summed E-state index contributed by atoms with van der Waals surface area (Å²) in [4.78, 5) is 27.8. The van der Waals surface area contributed by atoms with E-state index in [4.69, 9.17) is 20.5 Å². The first-order valence-corrected chi connectivity index (χ1v) is 30.3. The standard InChI is InChI=1S/C24H23F3N4O3S.C21H17F3N4O2S.C19H15F3N4OS/c1-23(2,3)34-22(32)31(4)19(12-15-8-10-16(14-28)11-9-15)21-30-29-20(35-21)17-6-5-7-18(13-17)33-24(25,26)27;1-13(29)28(2)18(10-14-6-8-15(12-25)9-7-14)20-27-26-19(31-20)16-4-3-5-17(11-16)30-21(22,23)24;1-24-16(9-12-5-7-13(11-23)8-6-12)18-26-25-17(28-18)14-3-2-4-15(10-14)27-19(20,21)22/h5-11,13,19H,12H2,1-4H3;3-9,11,18H,10H2,1-2H3;2-8,10,16,24H,9H2,1H3/t19-;18-;16-/m000/s1. The minimum absolute atomic E-state index is 0.117. The van der Waals surface area contributed by atoms with Crippen molar-refractivity contribution in [1.29, 1.82) is 15.8 Å². The molecule has 2 amide bonds. The number of aromatic nitrogens is 6. The molecule has 488 valence electrons. The molecule has 0 spiro atoms. The highest BCUT2D eigenvalue weighted by atomic mass is 32.1. The van der Waals surface area contributed by atoms with E-state index in [1.54, 1.807) is 121 Å². The Morgan fingerprint density at radius 1 is 0.489 bits per heavy atom. The minimum atomic E-state index is -4.81. The third-order valence-corrected chi connectivity index (χ3v) is 16.4. The number of alkyl halides is 9. The van der Waals surface area contributed by atoms with Crippen LogP contribution < -0.4 is 19.5 Å². The van der Waals surface area contributed by atoms with Gasteiger partial charge in [-0.15, -0.1) is 70.1 Å². The molecule has 3 atom stereocenters. The zero-order chi connectivity index (χ0) is 68.5. The smallest absolute Gasteiger partial charge is 0.444 e. The van der Waals surface area contributed by atoms with Crippen LogP contribution in [0.3, 0.4) is 0 Å². The van der Waals surface area contributed by atoms with Gasteiger partial charge >= 0.3 is 25.2 Å². The lowest BCUT2D eigenvalue weighted by Gasteiger charge is -2.29. The second kappa shape index (κ2) is 31.5. The molecule has 94 heavy (non-hydrogen) atoms. The Morgan fingerprint density at radius 2 is 0.809 bits per heavy atom. The van der Waals surface area contributed by atoms with E-state index >= 15 is 0 Å². The summed E-state index contributed by atoms with van der Waals surface area (Å²) < 4.78 is 130. The van der Waals surface area contributed by atoms with E-state index in [-0.39, 0.29) is 29.2 Å². The van der Waals surface area contributed by atoms with Gasteiger partial charge in [-0.2, -0.15) is 15.8 Å². The maximum atomic E-state index is 12.8. The highest BCUT2D eigenvalue weighted by Crippen LogP contribution is 2.38. The summed E-state index contributed by atoms with van der Waals surface area (Å²) in [5.74, 6) is -1.19. The molecule has 18 nitrogen and oxygen atoms in total. The number of benzene rings is 6. The molecule has 0 aliphatic heterocycles. The normalized spacial score (nSPS) is 12.4. The van der Waals surface area contributed by atoms with Gasteiger partial charge in [-0.25, -0.2) is 4.79 Å². The van der Waals surface area contributed by atoms with Crippen LogP contribution in [0.5, 0.6) is 17.2 Å². The number of nitrogens with one attached hydrogen (secondary N) is 1. The van der Waals surface area contributed by atoms with Gasteiger partial charge in [0.25, 0.3) is 0 Å². The molecule has 0 fully saturated rings. The first-order valence-electron chi connectivity index (χ1n) is 27.8. The summed E-state index contributed by atoms with van der Waals surface area (Å²) >= 11 is 3.64. The van der Waals surface area contributed by atoms with Gasteiger partial charge < -0.3 is 34.1 Å². The molecule has 30 heteroatoms. The summed E-state index contributed by atoms with van der Waals surface area (Å²) in [5, 5.41) is 58.0. The first-order chi connectivity index (χ1) is 44.4. The molecule has 9 rings (SSSR count). The average molecular weight is 1360 g/mol. The van der Waals surface area contributed by atoms with Crippen molar-refractivity contribution in [2.75, 3.05) is 21.1 Å². The number of nitriles is 3. The quantitative estimate of drug-likeness (QED) is 0.0786. The Hall–Kier alpha value is -10.1. The third-order valence-electron chi connectivity index (χ3n) is 13.1. The fraction of sp³-hybridized carbons (Fsp3) is 0.266. The van der Waals surface area contributed by atoms with Gasteiger partial charge in [0.2, 0.25) is 5.91 Å². The van der Waals surface area contributed by atoms with Crippen LogP contribution in [0.15, 0.2) is 146 Å². The van der Waals surface area contributed by atoms with Crippen molar-refractivity contribution in [3.8, 4) is 67.2 Å². The fourth-order valence-electron chi connectivity index (χ4n) is 8.54. The monoisotopic (exact) mass is 1350 g/mol. The second-order valence-electron chi connectivity index (χ2n) is 21.2. The maximum Gasteiger partial charge on any atom is 0.573 e. The lowest BCUT2D eigenvalue weighted by atomic mass is 10.0. The second-order valence-corrected chi connectivity index (χ2v) is 24.2. The number of nitrogens with zero attached hydrogens (tertiary/aromatic N) is 11. The number of likely N-dealkylation sites (N-methyl/N-ethyl adjacent to an activating group) is 3. The SMILES string of the molecule is CC(=O)N(C)[C@@H](Cc1ccc(C#N)cc1)c1nnc(-c2cccc(OC(F)(F)F)c2)s1.CN(C(=O)OC(C)(C)C)[C@@H](Cc1ccc(C#N)cc1)c1nnc(-c2cccc(OC(F)(F)F)c2)s1.CN[C@@H](Cc1ccc(C#N)cc1)c1nnc(-c2cccc(OC(F)(F)F)c2)s1. The third kappa shape index (κ3) is 21.8. The van der Waals surface area contributed by atoms with E-state index < -0.39 is 42.9 Å². The van der Waals surface area contributed by atoms with Crippen LogP contribution in [0, 0.1) is 34.0 Å². The largest absolute Gasteiger partial charge is 0.573 e. The number of hydrogen-bond acceptors (Lipinski definition) is 19. The number of halogens is 9. The number of carbonyl (C=O) groups is 2. The van der Waals surface area contributed by atoms with Crippen LogP contribution in [0.25, 0.3) is 31.7 Å². The first kappa shape index (κ1) is 71.4. The van der Waals surface area contributed by atoms with Crippen molar-refractivity contribution in [3.63, 3.8) is 0 Å². The summed E-state index contributed by atoms with van der Waals surface area (Å²) in [5.41, 5.74) is 5.00. The van der Waals surface area contributed by atoms with Crippen LogP contribution >= 0.6 is 34.0 Å². The summed E-state index contributed by atoms with van der Waals surface area (Å²) in [7, 11) is 5.03. The molecule has 0 radical (unpaired) electrons. The molecule has 0 bridgehead atoms. The Labute approximate surface area is 545 Å². The van der Waals surface area contributed by atoms with Crippen LogP contribution in [0.4, 0.5) is 44.3 Å². The number of amides is 2.